The van der Waals surface area contributed by atoms with Crippen LogP contribution in [0.5, 0.6) is 0 Å². The molecular weight excluding hydrogens is 462 g/mol. The second kappa shape index (κ2) is 9.49. The Kier molecular flexibility index (Phi) is 6.34. The van der Waals surface area contributed by atoms with Crippen LogP contribution in [0.1, 0.15) is 57.5 Å². The van der Waals surface area contributed by atoms with E-state index in [1.54, 1.807) is 17.1 Å². The summed E-state index contributed by atoms with van der Waals surface area (Å²) in [6, 6.07) is 10.2. The molecule has 0 bridgehead atoms. The second-order valence-corrected chi connectivity index (χ2v) is 10.9. The maximum Gasteiger partial charge on any atom is 0.278 e. The van der Waals surface area contributed by atoms with Gasteiger partial charge in [-0.2, -0.15) is 4.98 Å². The Morgan fingerprint density at radius 3 is 2.68 bits per heavy atom. The molecule has 37 heavy (non-hydrogen) atoms. The van der Waals surface area contributed by atoms with E-state index < -0.39 is 0 Å². The molecule has 4 aromatic rings. The molecule has 0 amide bonds. The van der Waals surface area contributed by atoms with E-state index in [0.29, 0.717) is 23.5 Å². The molecule has 0 aliphatic carbocycles. The van der Waals surface area contributed by atoms with E-state index in [2.05, 4.69) is 59.0 Å². The van der Waals surface area contributed by atoms with Gasteiger partial charge in [0, 0.05) is 48.3 Å². The molecule has 8 heteroatoms. The molecule has 3 aromatic heterocycles. The van der Waals surface area contributed by atoms with Crippen molar-refractivity contribution in [2.24, 2.45) is 0 Å². The summed E-state index contributed by atoms with van der Waals surface area (Å²) in [6.07, 6.45) is 9.90. The highest BCUT2D eigenvalue weighted by molar-refractivity contribution is 5.77. The lowest BCUT2D eigenvalue weighted by molar-refractivity contribution is 0.286. The zero-order valence-electron chi connectivity index (χ0n) is 22.1. The van der Waals surface area contributed by atoms with Gasteiger partial charge in [-0.15, -0.1) is 6.42 Å². The topological polar surface area (TPSA) is 80.9 Å². The van der Waals surface area contributed by atoms with Crippen molar-refractivity contribution in [2.75, 3.05) is 18.4 Å². The standard InChI is InChI=1S/C29H33N7O/c1-7-13-34-14-11-20-8-9-22(15-21(20)18-34)32-28-31-17-24-26(33-28)36(35(19(2)3)27(24)37)23-10-12-30-25(16-23)29(4,5)6/h1,8-10,12,15-17,19H,11,13-14,18H2,2-6H3,(H,31,32,33). The Labute approximate surface area is 217 Å². The number of hydrogen-bond acceptors (Lipinski definition) is 6. The normalized spacial score (nSPS) is 14.1. The van der Waals surface area contributed by atoms with Gasteiger partial charge in [0.15, 0.2) is 5.65 Å². The maximum atomic E-state index is 13.4. The second-order valence-electron chi connectivity index (χ2n) is 10.9. The lowest BCUT2D eigenvalue weighted by atomic mass is 9.91. The summed E-state index contributed by atoms with van der Waals surface area (Å²) in [4.78, 5) is 29.5. The first-order valence-electron chi connectivity index (χ1n) is 12.7. The lowest BCUT2D eigenvalue weighted by Gasteiger charge is -2.27. The zero-order valence-corrected chi connectivity index (χ0v) is 22.1. The predicted molar refractivity (Wildman–Crippen MR) is 148 cm³/mol. The van der Waals surface area contributed by atoms with Crippen LogP contribution in [0, 0.1) is 12.3 Å². The monoisotopic (exact) mass is 495 g/mol. The van der Waals surface area contributed by atoms with Crippen LogP contribution in [-0.4, -0.2) is 42.3 Å². The van der Waals surface area contributed by atoms with E-state index >= 15 is 0 Å². The first kappa shape index (κ1) is 24.7. The number of terminal acetylenes is 1. The van der Waals surface area contributed by atoms with E-state index in [4.69, 9.17) is 11.4 Å². The molecule has 190 valence electrons. The third kappa shape index (κ3) is 4.75. The van der Waals surface area contributed by atoms with Gasteiger partial charge in [0.2, 0.25) is 5.95 Å². The largest absolute Gasteiger partial charge is 0.324 e. The van der Waals surface area contributed by atoms with Crippen LogP contribution in [0.25, 0.3) is 16.7 Å². The lowest BCUT2D eigenvalue weighted by Crippen LogP contribution is -2.30. The molecule has 0 fully saturated rings. The first-order valence-corrected chi connectivity index (χ1v) is 12.7. The number of anilines is 2. The highest BCUT2D eigenvalue weighted by atomic mass is 16.1. The SMILES string of the molecule is C#CCN1CCc2ccc(Nc3ncc4c(=O)n(C(C)C)n(-c5ccnc(C(C)(C)C)c5)c4n3)cc2C1. The molecule has 0 radical (unpaired) electrons. The van der Waals surface area contributed by atoms with Crippen LogP contribution >= 0.6 is 0 Å². The molecule has 1 aliphatic heterocycles. The van der Waals surface area contributed by atoms with E-state index in [9.17, 15) is 4.79 Å². The van der Waals surface area contributed by atoms with Crippen LogP contribution in [0.2, 0.25) is 0 Å². The highest BCUT2D eigenvalue weighted by Crippen LogP contribution is 2.27. The molecule has 5 rings (SSSR count). The Morgan fingerprint density at radius 1 is 1.14 bits per heavy atom. The molecule has 0 unspecified atom stereocenters. The van der Waals surface area contributed by atoms with Crippen molar-refractivity contribution >= 4 is 22.7 Å². The average molecular weight is 496 g/mol. The fourth-order valence-electron chi connectivity index (χ4n) is 4.82. The van der Waals surface area contributed by atoms with Crippen LogP contribution in [-0.2, 0) is 18.4 Å². The Balaban J connectivity index is 1.57. The fourth-order valence-corrected chi connectivity index (χ4v) is 4.82. The quantitative estimate of drug-likeness (QED) is 0.408. The molecule has 0 spiro atoms. The van der Waals surface area contributed by atoms with Gasteiger partial charge in [-0.25, -0.2) is 14.3 Å². The number of rotatable bonds is 5. The molecule has 8 nitrogen and oxygen atoms in total. The van der Waals surface area contributed by atoms with Gasteiger partial charge in [-0.1, -0.05) is 32.8 Å². The maximum absolute atomic E-state index is 13.4. The van der Waals surface area contributed by atoms with E-state index in [1.807, 2.05) is 36.7 Å². The van der Waals surface area contributed by atoms with Crippen molar-refractivity contribution in [3.05, 3.63) is 69.9 Å². The van der Waals surface area contributed by atoms with Gasteiger partial charge in [-0.05, 0) is 55.7 Å². The molecule has 1 aromatic carbocycles. The minimum absolute atomic E-state index is 0.0732. The fraction of sp³-hybridized carbons (Fsp3) is 0.379. The number of nitrogens with zero attached hydrogens (tertiary/aromatic N) is 6. The Morgan fingerprint density at radius 2 is 1.95 bits per heavy atom. The van der Waals surface area contributed by atoms with Crippen molar-refractivity contribution < 1.29 is 0 Å². The van der Waals surface area contributed by atoms with Crippen molar-refractivity contribution in [1.29, 1.82) is 0 Å². The van der Waals surface area contributed by atoms with Crippen LogP contribution < -0.4 is 10.9 Å². The number of hydrogen-bond donors (Lipinski definition) is 1. The molecule has 0 atom stereocenters. The van der Waals surface area contributed by atoms with Crippen LogP contribution in [0.4, 0.5) is 11.6 Å². The molecule has 0 saturated heterocycles. The molecule has 1 N–H and O–H groups in total. The summed E-state index contributed by atoms with van der Waals surface area (Å²) in [7, 11) is 0. The third-order valence-corrected chi connectivity index (χ3v) is 6.74. The van der Waals surface area contributed by atoms with Crippen molar-refractivity contribution in [3.63, 3.8) is 0 Å². The summed E-state index contributed by atoms with van der Waals surface area (Å²) in [5, 5.41) is 3.82. The van der Waals surface area contributed by atoms with Gasteiger partial charge < -0.3 is 5.32 Å². The van der Waals surface area contributed by atoms with Crippen molar-refractivity contribution in [1.82, 2.24) is 29.2 Å². The van der Waals surface area contributed by atoms with Gasteiger partial charge in [0.25, 0.3) is 5.56 Å². The minimum atomic E-state index is -0.133. The van der Waals surface area contributed by atoms with E-state index in [0.717, 1.165) is 36.6 Å². The molecule has 1 aliphatic rings. The van der Waals surface area contributed by atoms with Gasteiger partial charge in [-0.3, -0.25) is 14.7 Å². The summed E-state index contributed by atoms with van der Waals surface area (Å²) >= 11 is 0. The summed E-state index contributed by atoms with van der Waals surface area (Å²) in [5.41, 5.74) is 5.58. The predicted octanol–water partition coefficient (Wildman–Crippen LogP) is 4.59. The number of fused-ring (bicyclic) bond motifs is 2. The number of aromatic nitrogens is 5. The van der Waals surface area contributed by atoms with E-state index in [-0.39, 0.29) is 17.0 Å². The minimum Gasteiger partial charge on any atom is -0.324 e. The number of nitrogens with one attached hydrogen (secondary N) is 1. The summed E-state index contributed by atoms with van der Waals surface area (Å²) in [6.45, 7) is 12.8. The Bertz CT molecular complexity index is 1570. The first-order chi connectivity index (χ1) is 17.7. The van der Waals surface area contributed by atoms with E-state index in [1.165, 1.54) is 11.1 Å². The molecule has 4 heterocycles. The van der Waals surface area contributed by atoms with Crippen LogP contribution in [0.3, 0.4) is 0 Å². The summed E-state index contributed by atoms with van der Waals surface area (Å²) in [5.74, 6) is 3.17. The van der Waals surface area contributed by atoms with Gasteiger partial charge in [0.05, 0.1) is 12.2 Å². The van der Waals surface area contributed by atoms with Crippen molar-refractivity contribution in [2.45, 2.75) is 59.0 Å². The zero-order chi connectivity index (χ0) is 26.3. The smallest absolute Gasteiger partial charge is 0.278 e. The third-order valence-electron chi connectivity index (χ3n) is 6.74. The Hall–Kier alpha value is -3.96. The van der Waals surface area contributed by atoms with Crippen molar-refractivity contribution in [3.8, 4) is 18.0 Å². The molecule has 0 saturated carbocycles. The van der Waals surface area contributed by atoms with Gasteiger partial charge >= 0.3 is 0 Å². The van der Waals surface area contributed by atoms with Gasteiger partial charge in [0.1, 0.15) is 5.39 Å². The average Bonchev–Trinajstić information content (AvgIpc) is 3.15. The highest BCUT2D eigenvalue weighted by Gasteiger charge is 2.22. The molecular formula is C29H33N7O. The number of pyridine rings is 1. The van der Waals surface area contributed by atoms with Crippen LogP contribution in [0.15, 0.2) is 47.5 Å². The number of benzene rings is 1. The summed E-state index contributed by atoms with van der Waals surface area (Å²) < 4.78 is 3.61.